The highest BCUT2D eigenvalue weighted by Gasteiger charge is 2.22. The van der Waals surface area contributed by atoms with Gasteiger partial charge in [-0.1, -0.05) is 12.1 Å². The highest BCUT2D eigenvalue weighted by molar-refractivity contribution is 5.89. The van der Waals surface area contributed by atoms with Crippen LogP contribution in [0.25, 0.3) is 0 Å². The molecule has 3 rings (SSSR count). The lowest BCUT2D eigenvalue weighted by atomic mass is 10.0. The molecule has 2 heterocycles. The van der Waals surface area contributed by atoms with Crippen LogP contribution in [0.1, 0.15) is 27.9 Å². The number of nitrogens with zero attached hydrogens (tertiary/aromatic N) is 2. The van der Waals surface area contributed by atoms with Crippen LogP contribution in [0.5, 0.6) is 0 Å². The molecule has 0 amide bonds. The fraction of sp³-hybridized carbons (Fsp3) is 0.375. The number of rotatable bonds is 4. The van der Waals surface area contributed by atoms with Crippen LogP contribution in [0.3, 0.4) is 0 Å². The van der Waals surface area contributed by atoms with Gasteiger partial charge in [0.25, 0.3) is 0 Å². The van der Waals surface area contributed by atoms with Crippen molar-refractivity contribution in [2.75, 3.05) is 26.7 Å². The highest BCUT2D eigenvalue weighted by atomic mass is 16.5. The quantitative estimate of drug-likeness (QED) is 0.866. The number of aromatic nitrogens is 1. The van der Waals surface area contributed by atoms with Gasteiger partial charge in [-0.2, -0.15) is 0 Å². The Balaban J connectivity index is 1.70. The molecule has 0 spiro atoms. The first-order valence-electron chi connectivity index (χ1n) is 7.66. The molecule has 1 saturated heterocycles. The minimum Gasteiger partial charge on any atom is -0.465 e. The van der Waals surface area contributed by atoms with Crippen LogP contribution in [-0.2, 0) is 11.3 Å². The van der Waals surface area contributed by atoms with E-state index in [0.717, 1.165) is 12.1 Å². The molecule has 1 aromatic carbocycles. The third kappa shape index (κ3) is 3.35. The summed E-state index contributed by atoms with van der Waals surface area (Å²) in [7, 11) is 1.36. The Hall–Kier alpha value is -2.18. The zero-order valence-electron chi connectivity index (χ0n) is 13.4. The SMILES string of the molecule is [2H]N1CCN(Cc2ncco2)CC1c1ccc(C(=O)OC)cc1. The molecule has 2 aromatic rings. The summed E-state index contributed by atoms with van der Waals surface area (Å²) in [5, 5.41) is 1.58. The standard InChI is InChI=1S/C16H19N3O3/c1-21-16(20)13-4-2-12(3-5-13)14-10-19(8-6-17-14)11-15-18-7-9-22-15/h2-5,7,9,14,17H,6,8,10-11H2,1H3/i/hD. The minimum atomic E-state index is -0.353. The second kappa shape index (κ2) is 6.72. The number of esters is 1. The van der Waals surface area contributed by atoms with Gasteiger partial charge in [0.05, 0.1) is 25.4 Å². The van der Waals surface area contributed by atoms with Crippen molar-refractivity contribution < 1.29 is 15.4 Å². The summed E-state index contributed by atoms with van der Waals surface area (Å²) in [6.07, 6.45) is 3.21. The number of nitrogens with one attached hydrogen (secondary N) is 1. The molecule has 6 heteroatoms. The van der Waals surface area contributed by atoms with E-state index in [2.05, 4.69) is 9.88 Å². The average Bonchev–Trinajstić information content (AvgIpc) is 3.09. The maximum absolute atomic E-state index is 11.5. The molecule has 0 aliphatic carbocycles. The Labute approximate surface area is 130 Å². The lowest BCUT2D eigenvalue weighted by Gasteiger charge is -2.33. The second-order valence-corrected chi connectivity index (χ2v) is 5.20. The summed E-state index contributed by atoms with van der Waals surface area (Å²) in [6.45, 7) is 2.79. The third-order valence-corrected chi connectivity index (χ3v) is 3.76. The number of methoxy groups -OCH3 is 1. The number of ether oxygens (including phenoxy) is 1. The highest BCUT2D eigenvalue weighted by Crippen LogP contribution is 2.19. The van der Waals surface area contributed by atoms with Gasteiger partial charge in [-0.15, -0.1) is 0 Å². The van der Waals surface area contributed by atoms with Crippen LogP contribution in [0, 0.1) is 0 Å². The molecule has 0 saturated carbocycles. The van der Waals surface area contributed by atoms with Crippen molar-refractivity contribution in [3.05, 3.63) is 53.7 Å². The first-order chi connectivity index (χ1) is 11.2. The molecule has 1 aromatic heterocycles. The summed E-state index contributed by atoms with van der Waals surface area (Å²) in [5.41, 5.74) is 1.52. The van der Waals surface area contributed by atoms with Crippen LogP contribution < -0.4 is 5.31 Å². The molecular formula is C16H19N3O3. The van der Waals surface area contributed by atoms with E-state index in [1.807, 2.05) is 12.1 Å². The maximum Gasteiger partial charge on any atom is 0.337 e. The van der Waals surface area contributed by atoms with Crippen LogP contribution in [0.4, 0.5) is 0 Å². The minimum absolute atomic E-state index is 0.0505. The zero-order chi connectivity index (χ0) is 16.2. The first-order valence-corrected chi connectivity index (χ1v) is 7.22. The summed E-state index contributed by atoms with van der Waals surface area (Å²) in [6, 6.07) is 7.19. The molecule has 1 aliphatic rings. The second-order valence-electron chi connectivity index (χ2n) is 5.20. The molecule has 116 valence electrons. The number of benzene rings is 1. The van der Waals surface area contributed by atoms with Gasteiger partial charge in [-0.05, 0) is 17.7 Å². The van der Waals surface area contributed by atoms with Gasteiger partial charge in [-0.25, -0.2) is 9.78 Å². The molecule has 6 nitrogen and oxygen atoms in total. The van der Waals surface area contributed by atoms with E-state index in [1.54, 1.807) is 29.9 Å². The first kappa shape index (κ1) is 13.5. The van der Waals surface area contributed by atoms with Crippen molar-refractivity contribution in [1.29, 1.82) is 0 Å². The predicted octanol–water partition coefficient (Wildman–Crippen LogP) is 1.61. The molecule has 22 heavy (non-hydrogen) atoms. The van der Waals surface area contributed by atoms with E-state index < -0.39 is 0 Å². The van der Waals surface area contributed by atoms with Gasteiger partial charge >= 0.3 is 5.97 Å². The molecular weight excluding hydrogens is 282 g/mol. The monoisotopic (exact) mass is 302 g/mol. The van der Waals surface area contributed by atoms with E-state index >= 15 is 0 Å². The Morgan fingerprint density at radius 3 is 3.05 bits per heavy atom. The largest absolute Gasteiger partial charge is 0.465 e. The van der Waals surface area contributed by atoms with Crippen molar-refractivity contribution in [2.24, 2.45) is 0 Å². The number of oxazole rings is 1. The third-order valence-electron chi connectivity index (χ3n) is 3.76. The molecule has 0 radical (unpaired) electrons. The smallest absolute Gasteiger partial charge is 0.337 e. The number of hydrogen-bond donors (Lipinski definition) is 1. The van der Waals surface area contributed by atoms with E-state index in [1.165, 1.54) is 7.11 Å². The number of hydrogen-bond acceptors (Lipinski definition) is 6. The van der Waals surface area contributed by atoms with Crippen LogP contribution in [0.15, 0.2) is 41.1 Å². The Morgan fingerprint density at radius 1 is 1.55 bits per heavy atom. The van der Waals surface area contributed by atoms with Gasteiger partial charge in [-0.3, -0.25) is 4.90 Å². The number of carbonyl (C=O) groups excluding carboxylic acids is 1. The fourth-order valence-electron chi connectivity index (χ4n) is 2.58. The molecule has 1 fully saturated rings. The summed E-state index contributed by atoms with van der Waals surface area (Å²) in [4.78, 5) is 17.9. The molecule has 1 unspecified atom stereocenters. The van der Waals surface area contributed by atoms with E-state index in [9.17, 15) is 4.79 Å². The van der Waals surface area contributed by atoms with Crippen molar-refractivity contribution in [3.63, 3.8) is 0 Å². The Morgan fingerprint density at radius 2 is 2.36 bits per heavy atom. The van der Waals surface area contributed by atoms with Gasteiger partial charge in [0.2, 0.25) is 5.89 Å². The molecule has 1 N–H and O–H groups in total. The molecule has 1 aliphatic heterocycles. The van der Waals surface area contributed by atoms with Crippen molar-refractivity contribution in [3.8, 4) is 0 Å². The van der Waals surface area contributed by atoms with E-state index in [0.29, 0.717) is 31.1 Å². The van der Waals surface area contributed by atoms with E-state index in [-0.39, 0.29) is 12.0 Å². The van der Waals surface area contributed by atoms with Crippen LogP contribution in [-0.4, -0.2) is 42.6 Å². The van der Waals surface area contributed by atoms with Gasteiger partial charge in [0.15, 0.2) is 0 Å². The molecule has 1 atom stereocenters. The molecule has 0 bridgehead atoms. The van der Waals surface area contributed by atoms with Crippen molar-refractivity contribution >= 4 is 5.97 Å². The fourth-order valence-corrected chi connectivity index (χ4v) is 2.58. The Kier molecular flexibility index (Phi) is 4.12. The zero-order valence-corrected chi connectivity index (χ0v) is 12.4. The summed E-state index contributed by atoms with van der Waals surface area (Å²) < 4.78 is 18.2. The van der Waals surface area contributed by atoms with Crippen LogP contribution in [0.2, 0.25) is 1.41 Å². The normalized spacial score (nSPS) is 20.6. The van der Waals surface area contributed by atoms with Gasteiger partial charge in [0.1, 0.15) is 7.68 Å². The van der Waals surface area contributed by atoms with Gasteiger partial charge in [0, 0.05) is 25.7 Å². The lowest BCUT2D eigenvalue weighted by molar-refractivity contribution is 0.0600. The predicted molar refractivity (Wildman–Crippen MR) is 80.3 cm³/mol. The van der Waals surface area contributed by atoms with Crippen molar-refractivity contribution in [2.45, 2.75) is 12.6 Å². The number of carbonyl (C=O) groups is 1. The van der Waals surface area contributed by atoms with E-state index in [4.69, 9.17) is 10.6 Å². The summed E-state index contributed by atoms with van der Waals surface area (Å²) in [5.74, 6) is 0.330. The van der Waals surface area contributed by atoms with Crippen molar-refractivity contribution in [1.82, 2.24) is 15.2 Å². The topological polar surface area (TPSA) is 67.6 Å². The maximum atomic E-state index is 11.5. The van der Waals surface area contributed by atoms with Gasteiger partial charge < -0.3 is 14.5 Å². The van der Waals surface area contributed by atoms with Crippen LogP contribution >= 0.6 is 0 Å². The Bertz CT molecular complexity index is 645. The summed E-state index contributed by atoms with van der Waals surface area (Å²) >= 11 is 0. The number of piperazine rings is 1. The average molecular weight is 302 g/mol. The lowest BCUT2D eigenvalue weighted by Crippen LogP contribution is -2.45.